The summed E-state index contributed by atoms with van der Waals surface area (Å²) in [5.74, 6) is -1.56. The molecule has 31 heavy (non-hydrogen) atoms. The maximum Gasteiger partial charge on any atom is 0.257 e. The normalized spacial score (nSPS) is 15.1. The Hall–Kier alpha value is -3.46. The standard InChI is InChI=1S/C22H19FN4O3S/c23-14-6-8-15(9-7-14)24-20(29)16-12-17(28)25-19-18(16)21(30)27-22(26-19)31-11-10-13-4-2-1-3-5-13/h1-9,16H,10-12H2,(H,24,29)(H2,25,26,27,28,30). The second kappa shape index (κ2) is 9.13. The molecule has 2 aromatic carbocycles. The molecule has 1 aromatic heterocycles. The van der Waals surface area contributed by atoms with E-state index in [4.69, 9.17) is 0 Å². The van der Waals surface area contributed by atoms with Crippen molar-refractivity contribution in [2.75, 3.05) is 16.4 Å². The number of carbonyl (C=O) groups excluding carboxylic acids is 2. The summed E-state index contributed by atoms with van der Waals surface area (Å²) in [6.45, 7) is 0. The number of aromatic nitrogens is 2. The Balaban J connectivity index is 1.51. The Morgan fingerprint density at radius 2 is 1.87 bits per heavy atom. The Bertz CT molecular complexity index is 1170. The quantitative estimate of drug-likeness (QED) is 0.405. The van der Waals surface area contributed by atoms with Crippen molar-refractivity contribution in [3.8, 4) is 0 Å². The van der Waals surface area contributed by atoms with Crippen LogP contribution in [0, 0.1) is 5.82 Å². The number of hydrogen-bond donors (Lipinski definition) is 3. The highest BCUT2D eigenvalue weighted by Gasteiger charge is 2.34. The van der Waals surface area contributed by atoms with Gasteiger partial charge in [-0.15, -0.1) is 0 Å². The van der Waals surface area contributed by atoms with Gasteiger partial charge in [-0.3, -0.25) is 14.4 Å². The third kappa shape index (κ3) is 5.00. The lowest BCUT2D eigenvalue weighted by atomic mass is 9.92. The molecule has 3 N–H and O–H groups in total. The Labute approximate surface area is 181 Å². The Morgan fingerprint density at radius 1 is 1.13 bits per heavy atom. The van der Waals surface area contributed by atoms with Crippen molar-refractivity contribution >= 4 is 35.1 Å². The van der Waals surface area contributed by atoms with Crippen LogP contribution in [0.3, 0.4) is 0 Å². The number of nitrogens with zero attached hydrogens (tertiary/aromatic N) is 1. The third-order valence-electron chi connectivity index (χ3n) is 4.83. The minimum atomic E-state index is -0.992. The van der Waals surface area contributed by atoms with Gasteiger partial charge in [0, 0.05) is 17.9 Å². The van der Waals surface area contributed by atoms with Gasteiger partial charge in [0.15, 0.2) is 5.16 Å². The molecule has 7 nitrogen and oxygen atoms in total. The van der Waals surface area contributed by atoms with Crippen molar-refractivity contribution in [3.63, 3.8) is 0 Å². The Morgan fingerprint density at radius 3 is 2.61 bits per heavy atom. The van der Waals surface area contributed by atoms with Crippen LogP contribution in [0.5, 0.6) is 0 Å². The highest BCUT2D eigenvalue weighted by molar-refractivity contribution is 7.99. The summed E-state index contributed by atoms with van der Waals surface area (Å²) in [6.07, 6.45) is 0.618. The monoisotopic (exact) mass is 438 g/mol. The zero-order valence-electron chi connectivity index (χ0n) is 16.4. The average Bonchev–Trinajstić information content (AvgIpc) is 2.75. The highest BCUT2D eigenvalue weighted by Crippen LogP contribution is 2.30. The van der Waals surface area contributed by atoms with Crippen molar-refractivity contribution in [2.24, 2.45) is 0 Å². The van der Waals surface area contributed by atoms with E-state index in [-0.39, 0.29) is 17.8 Å². The number of carbonyl (C=O) groups is 2. The molecular weight excluding hydrogens is 419 g/mol. The second-order valence-corrected chi connectivity index (χ2v) is 8.10. The number of hydrogen-bond acceptors (Lipinski definition) is 5. The number of anilines is 2. The summed E-state index contributed by atoms with van der Waals surface area (Å²) >= 11 is 1.36. The molecule has 4 rings (SSSR count). The van der Waals surface area contributed by atoms with Crippen LogP contribution in [0.1, 0.15) is 23.5 Å². The second-order valence-electron chi connectivity index (χ2n) is 7.02. The van der Waals surface area contributed by atoms with Crippen LogP contribution in [-0.2, 0) is 16.0 Å². The molecular formula is C22H19FN4O3S. The first-order valence-electron chi connectivity index (χ1n) is 9.67. The van der Waals surface area contributed by atoms with Gasteiger partial charge in [-0.1, -0.05) is 42.1 Å². The summed E-state index contributed by atoms with van der Waals surface area (Å²) in [5.41, 5.74) is 1.19. The topological polar surface area (TPSA) is 104 Å². The molecule has 2 amide bonds. The summed E-state index contributed by atoms with van der Waals surface area (Å²) in [4.78, 5) is 44.7. The van der Waals surface area contributed by atoms with E-state index in [0.29, 0.717) is 16.6 Å². The minimum Gasteiger partial charge on any atom is -0.326 e. The van der Waals surface area contributed by atoms with Gasteiger partial charge in [0.05, 0.1) is 11.5 Å². The molecule has 0 saturated heterocycles. The number of H-pyrrole nitrogens is 1. The molecule has 0 spiro atoms. The van der Waals surface area contributed by atoms with E-state index in [1.165, 1.54) is 41.6 Å². The fourth-order valence-corrected chi connectivity index (χ4v) is 4.17. The van der Waals surface area contributed by atoms with Crippen molar-refractivity contribution in [2.45, 2.75) is 23.9 Å². The smallest absolute Gasteiger partial charge is 0.257 e. The molecule has 0 radical (unpaired) electrons. The highest BCUT2D eigenvalue weighted by atomic mass is 32.2. The number of rotatable bonds is 6. The zero-order chi connectivity index (χ0) is 21.8. The van der Waals surface area contributed by atoms with Gasteiger partial charge in [-0.25, -0.2) is 9.37 Å². The van der Waals surface area contributed by atoms with E-state index < -0.39 is 29.1 Å². The third-order valence-corrected chi connectivity index (χ3v) is 5.70. The van der Waals surface area contributed by atoms with E-state index >= 15 is 0 Å². The SMILES string of the molecule is O=C1CC(C(=O)Nc2ccc(F)cc2)c2c(nc(SCCc3ccccc3)[nH]c2=O)N1. The first-order chi connectivity index (χ1) is 15.0. The number of thioether (sulfide) groups is 1. The molecule has 0 bridgehead atoms. The first-order valence-corrected chi connectivity index (χ1v) is 10.7. The maximum absolute atomic E-state index is 13.1. The molecule has 1 aliphatic rings. The minimum absolute atomic E-state index is 0.0986. The van der Waals surface area contributed by atoms with Gasteiger partial charge in [-0.05, 0) is 36.2 Å². The zero-order valence-corrected chi connectivity index (χ0v) is 17.2. The van der Waals surface area contributed by atoms with Gasteiger partial charge < -0.3 is 15.6 Å². The number of nitrogens with one attached hydrogen (secondary N) is 3. The molecule has 0 aliphatic carbocycles. The van der Waals surface area contributed by atoms with Crippen LogP contribution >= 0.6 is 11.8 Å². The predicted octanol–water partition coefficient (Wildman–Crippen LogP) is 3.31. The number of aromatic amines is 1. The summed E-state index contributed by atoms with van der Waals surface area (Å²) in [6, 6.07) is 15.2. The molecule has 9 heteroatoms. The molecule has 1 aliphatic heterocycles. The van der Waals surface area contributed by atoms with Gasteiger partial charge in [0.2, 0.25) is 11.8 Å². The number of fused-ring (bicyclic) bond motifs is 1. The van der Waals surface area contributed by atoms with Gasteiger partial charge in [0.1, 0.15) is 11.6 Å². The van der Waals surface area contributed by atoms with Crippen LogP contribution in [0.4, 0.5) is 15.9 Å². The Kier molecular flexibility index (Phi) is 6.13. The molecule has 1 unspecified atom stereocenters. The predicted molar refractivity (Wildman–Crippen MR) is 117 cm³/mol. The number of benzene rings is 2. The van der Waals surface area contributed by atoms with E-state index in [1.807, 2.05) is 30.3 Å². The van der Waals surface area contributed by atoms with Gasteiger partial charge in [0.25, 0.3) is 5.56 Å². The van der Waals surface area contributed by atoms with E-state index in [1.54, 1.807) is 0 Å². The summed E-state index contributed by atoms with van der Waals surface area (Å²) < 4.78 is 13.1. The van der Waals surface area contributed by atoms with Crippen molar-refractivity contribution in [3.05, 3.63) is 81.9 Å². The first kappa shape index (κ1) is 20.8. The van der Waals surface area contributed by atoms with Crippen molar-refractivity contribution in [1.29, 1.82) is 0 Å². The molecule has 0 saturated carbocycles. The number of aryl methyl sites for hydroxylation is 1. The van der Waals surface area contributed by atoms with E-state index in [0.717, 1.165) is 6.42 Å². The van der Waals surface area contributed by atoms with E-state index in [2.05, 4.69) is 20.6 Å². The number of halogens is 1. The largest absolute Gasteiger partial charge is 0.326 e. The molecule has 0 fully saturated rings. The molecule has 3 aromatic rings. The van der Waals surface area contributed by atoms with Crippen LogP contribution in [0.25, 0.3) is 0 Å². The summed E-state index contributed by atoms with van der Waals surface area (Å²) in [7, 11) is 0. The molecule has 1 atom stereocenters. The maximum atomic E-state index is 13.1. The summed E-state index contributed by atoms with van der Waals surface area (Å²) in [5, 5.41) is 5.59. The van der Waals surface area contributed by atoms with Gasteiger partial charge >= 0.3 is 0 Å². The lowest BCUT2D eigenvalue weighted by molar-refractivity contribution is -0.123. The van der Waals surface area contributed by atoms with Crippen LogP contribution in [0.15, 0.2) is 64.5 Å². The molecule has 2 heterocycles. The van der Waals surface area contributed by atoms with Crippen LogP contribution < -0.4 is 16.2 Å². The fraction of sp³-hybridized carbons (Fsp3) is 0.182. The lowest BCUT2D eigenvalue weighted by Crippen LogP contribution is -2.36. The van der Waals surface area contributed by atoms with Crippen LogP contribution in [-0.4, -0.2) is 27.5 Å². The van der Waals surface area contributed by atoms with Gasteiger partial charge in [-0.2, -0.15) is 0 Å². The van der Waals surface area contributed by atoms with Crippen molar-refractivity contribution in [1.82, 2.24) is 9.97 Å². The van der Waals surface area contributed by atoms with Crippen molar-refractivity contribution < 1.29 is 14.0 Å². The van der Waals surface area contributed by atoms with Crippen LogP contribution in [0.2, 0.25) is 0 Å². The lowest BCUT2D eigenvalue weighted by Gasteiger charge is -2.23. The fourth-order valence-electron chi connectivity index (χ4n) is 3.32. The molecule has 158 valence electrons. The van der Waals surface area contributed by atoms with E-state index in [9.17, 15) is 18.8 Å². The average molecular weight is 438 g/mol. The number of amides is 2.